The summed E-state index contributed by atoms with van der Waals surface area (Å²) in [5.41, 5.74) is 3.19. The van der Waals surface area contributed by atoms with Crippen LogP contribution >= 0.6 is 0 Å². The fourth-order valence-electron chi connectivity index (χ4n) is 2.59. The van der Waals surface area contributed by atoms with Gasteiger partial charge in [-0.25, -0.2) is 4.79 Å². The van der Waals surface area contributed by atoms with Crippen LogP contribution in [0.4, 0.5) is 0 Å². The number of carboxylic acid groups (broad SMARTS) is 1. The van der Waals surface area contributed by atoms with E-state index >= 15 is 0 Å². The Morgan fingerprint density at radius 2 is 1.60 bits per heavy atom. The van der Waals surface area contributed by atoms with E-state index in [2.05, 4.69) is 0 Å². The maximum atomic E-state index is 11.6. The SMILES string of the molecule is Cc1ccccc1-c1c(C(=O)O)ccc2ccccc12. The zero-order valence-corrected chi connectivity index (χ0v) is 11.1. The quantitative estimate of drug-likeness (QED) is 0.737. The summed E-state index contributed by atoms with van der Waals surface area (Å²) in [6.45, 7) is 2.00. The van der Waals surface area contributed by atoms with E-state index in [0.29, 0.717) is 5.56 Å². The van der Waals surface area contributed by atoms with Crippen LogP contribution < -0.4 is 0 Å². The molecular weight excluding hydrogens is 248 g/mol. The highest BCUT2D eigenvalue weighted by Gasteiger charge is 2.16. The van der Waals surface area contributed by atoms with Gasteiger partial charge in [-0.15, -0.1) is 0 Å². The molecule has 0 aliphatic rings. The number of aryl methyl sites for hydroxylation is 1. The number of benzene rings is 3. The molecule has 0 radical (unpaired) electrons. The molecule has 1 N–H and O–H groups in total. The second kappa shape index (κ2) is 4.82. The predicted octanol–water partition coefficient (Wildman–Crippen LogP) is 4.51. The molecule has 2 nitrogen and oxygen atoms in total. The number of fused-ring (bicyclic) bond motifs is 1. The molecule has 0 bridgehead atoms. The predicted molar refractivity (Wildman–Crippen MR) is 81.1 cm³/mol. The van der Waals surface area contributed by atoms with Crippen LogP contribution in [0.3, 0.4) is 0 Å². The summed E-state index contributed by atoms with van der Waals surface area (Å²) in [7, 11) is 0. The lowest BCUT2D eigenvalue weighted by atomic mass is 9.91. The zero-order valence-electron chi connectivity index (χ0n) is 11.1. The number of rotatable bonds is 2. The lowest BCUT2D eigenvalue weighted by Crippen LogP contribution is -2.01. The van der Waals surface area contributed by atoms with E-state index in [1.807, 2.05) is 61.5 Å². The number of hydrogen-bond donors (Lipinski definition) is 1. The van der Waals surface area contributed by atoms with E-state index in [4.69, 9.17) is 0 Å². The van der Waals surface area contributed by atoms with E-state index in [1.165, 1.54) is 0 Å². The van der Waals surface area contributed by atoms with Gasteiger partial charge >= 0.3 is 5.97 Å². The van der Waals surface area contributed by atoms with E-state index < -0.39 is 5.97 Å². The second-order valence-electron chi connectivity index (χ2n) is 4.83. The number of hydrogen-bond acceptors (Lipinski definition) is 1. The molecule has 3 aromatic rings. The Morgan fingerprint density at radius 1 is 0.900 bits per heavy atom. The normalized spacial score (nSPS) is 10.7. The van der Waals surface area contributed by atoms with Crippen molar-refractivity contribution in [2.45, 2.75) is 6.92 Å². The minimum absolute atomic E-state index is 0.345. The fourth-order valence-corrected chi connectivity index (χ4v) is 2.59. The van der Waals surface area contributed by atoms with E-state index in [1.54, 1.807) is 6.07 Å². The van der Waals surface area contributed by atoms with Crippen molar-refractivity contribution in [2.75, 3.05) is 0 Å². The average Bonchev–Trinajstić information content (AvgIpc) is 2.46. The molecule has 0 unspecified atom stereocenters. The van der Waals surface area contributed by atoms with Crippen LogP contribution in [0.1, 0.15) is 15.9 Å². The van der Waals surface area contributed by atoms with Gasteiger partial charge in [0.15, 0.2) is 0 Å². The van der Waals surface area contributed by atoms with Crippen LogP contribution in [0, 0.1) is 6.92 Å². The molecule has 0 atom stereocenters. The number of aromatic carboxylic acids is 1. The molecule has 3 rings (SSSR count). The van der Waals surface area contributed by atoms with Crippen LogP contribution in [-0.4, -0.2) is 11.1 Å². The zero-order chi connectivity index (χ0) is 14.1. The minimum atomic E-state index is -0.894. The van der Waals surface area contributed by atoms with Crippen LogP contribution in [-0.2, 0) is 0 Å². The van der Waals surface area contributed by atoms with Gasteiger partial charge in [-0.1, -0.05) is 54.6 Å². The third kappa shape index (κ3) is 1.95. The topological polar surface area (TPSA) is 37.3 Å². The van der Waals surface area contributed by atoms with Crippen molar-refractivity contribution in [3.05, 3.63) is 71.8 Å². The fraction of sp³-hybridized carbons (Fsp3) is 0.0556. The van der Waals surface area contributed by atoms with Crippen molar-refractivity contribution in [1.29, 1.82) is 0 Å². The van der Waals surface area contributed by atoms with Gasteiger partial charge in [0.1, 0.15) is 0 Å². The van der Waals surface area contributed by atoms with Crippen molar-refractivity contribution in [2.24, 2.45) is 0 Å². The summed E-state index contributed by atoms with van der Waals surface area (Å²) in [4.78, 5) is 11.6. The molecule has 98 valence electrons. The van der Waals surface area contributed by atoms with Gasteiger partial charge in [0.2, 0.25) is 0 Å². The highest BCUT2D eigenvalue weighted by Crippen LogP contribution is 2.34. The lowest BCUT2D eigenvalue weighted by molar-refractivity contribution is 0.0698. The largest absolute Gasteiger partial charge is 0.478 e. The first-order valence-corrected chi connectivity index (χ1v) is 6.49. The molecule has 0 aliphatic carbocycles. The van der Waals surface area contributed by atoms with Gasteiger partial charge in [0.05, 0.1) is 5.56 Å². The molecule has 0 saturated heterocycles. The molecule has 0 fully saturated rings. The maximum absolute atomic E-state index is 11.6. The third-order valence-electron chi connectivity index (χ3n) is 3.57. The van der Waals surface area contributed by atoms with Gasteiger partial charge in [-0.2, -0.15) is 0 Å². The molecule has 3 aromatic carbocycles. The Balaban J connectivity index is 2.45. The van der Waals surface area contributed by atoms with E-state index in [9.17, 15) is 9.90 Å². The highest BCUT2D eigenvalue weighted by molar-refractivity contribution is 6.08. The Kier molecular flexibility index (Phi) is 2.99. The van der Waals surface area contributed by atoms with Crippen molar-refractivity contribution < 1.29 is 9.90 Å². The molecule has 0 heterocycles. The van der Waals surface area contributed by atoms with Crippen molar-refractivity contribution in [3.8, 4) is 11.1 Å². The smallest absolute Gasteiger partial charge is 0.336 e. The maximum Gasteiger partial charge on any atom is 0.336 e. The minimum Gasteiger partial charge on any atom is -0.478 e. The molecule has 20 heavy (non-hydrogen) atoms. The Hall–Kier alpha value is -2.61. The van der Waals surface area contributed by atoms with Crippen LogP contribution in [0.15, 0.2) is 60.7 Å². The van der Waals surface area contributed by atoms with Crippen molar-refractivity contribution in [1.82, 2.24) is 0 Å². The van der Waals surface area contributed by atoms with Gasteiger partial charge in [-0.05, 0) is 34.9 Å². The number of carboxylic acids is 1. The van der Waals surface area contributed by atoms with Crippen LogP contribution in [0.2, 0.25) is 0 Å². The average molecular weight is 262 g/mol. The summed E-state index contributed by atoms with van der Waals surface area (Å²) in [5.74, 6) is -0.894. The van der Waals surface area contributed by atoms with Crippen molar-refractivity contribution in [3.63, 3.8) is 0 Å². The molecule has 0 saturated carbocycles. The van der Waals surface area contributed by atoms with Gasteiger partial charge in [0.25, 0.3) is 0 Å². The van der Waals surface area contributed by atoms with Gasteiger partial charge < -0.3 is 5.11 Å². The van der Waals surface area contributed by atoms with Gasteiger partial charge in [0, 0.05) is 5.56 Å². The second-order valence-corrected chi connectivity index (χ2v) is 4.83. The van der Waals surface area contributed by atoms with Gasteiger partial charge in [-0.3, -0.25) is 0 Å². The first kappa shape index (κ1) is 12.4. The monoisotopic (exact) mass is 262 g/mol. The van der Waals surface area contributed by atoms with Crippen LogP contribution in [0.25, 0.3) is 21.9 Å². The van der Waals surface area contributed by atoms with E-state index in [0.717, 1.165) is 27.5 Å². The van der Waals surface area contributed by atoms with Crippen LogP contribution in [0.5, 0.6) is 0 Å². The summed E-state index contributed by atoms with van der Waals surface area (Å²) in [5, 5.41) is 11.5. The first-order chi connectivity index (χ1) is 9.68. The Bertz CT molecular complexity index is 803. The summed E-state index contributed by atoms with van der Waals surface area (Å²) >= 11 is 0. The van der Waals surface area contributed by atoms with Crippen molar-refractivity contribution >= 4 is 16.7 Å². The Morgan fingerprint density at radius 3 is 2.35 bits per heavy atom. The molecule has 2 heteroatoms. The Labute approximate surface area is 117 Å². The molecule has 0 spiro atoms. The highest BCUT2D eigenvalue weighted by atomic mass is 16.4. The number of carbonyl (C=O) groups is 1. The molecule has 0 aromatic heterocycles. The first-order valence-electron chi connectivity index (χ1n) is 6.49. The summed E-state index contributed by atoms with van der Waals surface area (Å²) < 4.78 is 0. The third-order valence-corrected chi connectivity index (χ3v) is 3.57. The van der Waals surface area contributed by atoms with E-state index in [-0.39, 0.29) is 0 Å². The lowest BCUT2D eigenvalue weighted by Gasteiger charge is -2.13. The summed E-state index contributed by atoms with van der Waals surface area (Å²) in [6, 6.07) is 19.3. The summed E-state index contributed by atoms with van der Waals surface area (Å²) in [6.07, 6.45) is 0. The molecule has 0 aliphatic heterocycles. The molecular formula is C18H14O2. The molecule has 0 amide bonds. The standard InChI is InChI=1S/C18H14O2/c1-12-6-2-4-8-14(12)17-15-9-5-3-7-13(15)10-11-16(17)18(19)20/h2-11H,1H3,(H,19,20).